The number of nitrogens with one attached hydrogen (secondary N) is 2. The maximum absolute atomic E-state index is 12.4. The third-order valence-corrected chi connectivity index (χ3v) is 5.29. The zero-order valence-electron chi connectivity index (χ0n) is 15.1. The van der Waals surface area contributed by atoms with Gasteiger partial charge in [-0.15, -0.1) is 0 Å². The number of hydrogen-bond donors (Lipinski definition) is 2. The van der Waals surface area contributed by atoms with Crippen molar-refractivity contribution in [1.82, 2.24) is 19.8 Å². The minimum absolute atomic E-state index is 0.0135. The molecule has 2 aromatic rings. The number of aryl methyl sites for hydroxylation is 1. The zero-order valence-corrected chi connectivity index (χ0v) is 16.0. The van der Waals surface area contributed by atoms with Crippen molar-refractivity contribution in [2.75, 3.05) is 19.8 Å². The summed E-state index contributed by atoms with van der Waals surface area (Å²) in [5, 5.41) is 6.99. The molecule has 0 spiro atoms. The molecule has 0 radical (unpaired) electrons. The fourth-order valence-corrected chi connectivity index (χ4v) is 3.65. The monoisotopic (exact) mass is 394 g/mol. The van der Waals surface area contributed by atoms with Crippen molar-refractivity contribution in [2.45, 2.75) is 31.3 Å². The lowest BCUT2D eigenvalue weighted by Crippen LogP contribution is -2.42. The van der Waals surface area contributed by atoms with Gasteiger partial charge in [0.1, 0.15) is 13.2 Å². The maximum Gasteiger partial charge on any atom is 0.241 e. The van der Waals surface area contributed by atoms with Gasteiger partial charge in [0, 0.05) is 18.3 Å². The lowest BCUT2D eigenvalue weighted by Gasteiger charge is -2.19. The van der Waals surface area contributed by atoms with Gasteiger partial charge < -0.3 is 14.8 Å². The molecule has 0 saturated carbocycles. The van der Waals surface area contributed by atoms with Crippen LogP contribution in [-0.4, -0.2) is 49.9 Å². The van der Waals surface area contributed by atoms with Crippen molar-refractivity contribution in [2.24, 2.45) is 0 Å². The van der Waals surface area contributed by atoms with Crippen LogP contribution in [0.5, 0.6) is 11.5 Å². The van der Waals surface area contributed by atoms with E-state index in [1.54, 1.807) is 4.68 Å². The lowest BCUT2D eigenvalue weighted by molar-refractivity contribution is -0.120. The van der Waals surface area contributed by atoms with E-state index < -0.39 is 15.9 Å². The van der Waals surface area contributed by atoms with E-state index in [1.807, 2.05) is 26.1 Å². The molecule has 0 fully saturated rings. The molecule has 0 bridgehead atoms. The van der Waals surface area contributed by atoms with Crippen LogP contribution in [0.15, 0.2) is 35.4 Å². The molecule has 10 heteroatoms. The largest absolute Gasteiger partial charge is 0.486 e. The molecule has 0 saturated heterocycles. The predicted octanol–water partition coefficient (Wildman–Crippen LogP) is 0.446. The van der Waals surface area contributed by atoms with E-state index in [0.717, 1.165) is 5.69 Å². The molecule has 1 amide bonds. The number of benzene rings is 1. The van der Waals surface area contributed by atoms with Crippen molar-refractivity contribution >= 4 is 15.9 Å². The second-order valence-corrected chi connectivity index (χ2v) is 8.04. The number of ether oxygens (including phenoxy) is 2. The highest BCUT2D eigenvalue weighted by molar-refractivity contribution is 7.89. The number of carbonyl (C=O) groups is 1. The SMILES string of the molecule is Cc1ccn(CC(C)NC(=O)CNS(=O)(=O)c2ccc3c(c2)OCCO3)n1. The Labute approximate surface area is 157 Å². The molecule has 27 heavy (non-hydrogen) atoms. The van der Waals surface area contributed by atoms with E-state index >= 15 is 0 Å². The lowest BCUT2D eigenvalue weighted by atomic mass is 10.3. The fraction of sp³-hybridized carbons (Fsp3) is 0.412. The van der Waals surface area contributed by atoms with Crippen LogP contribution < -0.4 is 19.5 Å². The van der Waals surface area contributed by atoms with Crippen molar-refractivity contribution in [3.63, 3.8) is 0 Å². The van der Waals surface area contributed by atoms with Gasteiger partial charge in [-0.2, -0.15) is 5.10 Å². The third kappa shape index (κ3) is 4.98. The summed E-state index contributed by atoms with van der Waals surface area (Å²) in [7, 11) is -3.84. The average molecular weight is 394 g/mol. The van der Waals surface area contributed by atoms with Crippen LogP contribution in [-0.2, 0) is 21.4 Å². The molecule has 9 nitrogen and oxygen atoms in total. The molecule has 146 valence electrons. The first kappa shape index (κ1) is 19.2. The summed E-state index contributed by atoms with van der Waals surface area (Å²) >= 11 is 0. The summed E-state index contributed by atoms with van der Waals surface area (Å²) in [6.45, 7) is 4.62. The van der Waals surface area contributed by atoms with E-state index in [2.05, 4.69) is 15.1 Å². The quantitative estimate of drug-likeness (QED) is 0.705. The normalized spacial score (nSPS) is 14.6. The van der Waals surface area contributed by atoms with Gasteiger partial charge >= 0.3 is 0 Å². The molecule has 1 unspecified atom stereocenters. The molecule has 3 rings (SSSR count). The number of rotatable bonds is 7. The number of aromatic nitrogens is 2. The van der Waals surface area contributed by atoms with Gasteiger partial charge in [-0.05, 0) is 32.0 Å². The van der Waals surface area contributed by atoms with Crippen LogP contribution in [0.1, 0.15) is 12.6 Å². The van der Waals surface area contributed by atoms with Crippen molar-refractivity contribution < 1.29 is 22.7 Å². The van der Waals surface area contributed by atoms with Gasteiger partial charge in [0.2, 0.25) is 15.9 Å². The average Bonchev–Trinajstić information content (AvgIpc) is 3.04. The first-order chi connectivity index (χ1) is 12.8. The smallest absolute Gasteiger partial charge is 0.241 e. The molecule has 1 aliphatic rings. The van der Waals surface area contributed by atoms with Crippen LogP contribution in [0.25, 0.3) is 0 Å². The Morgan fingerprint density at radius 3 is 2.70 bits per heavy atom. The summed E-state index contributed by atoms with van der Waals surface area (Å²) in [6.07, 6.45) is 1.82. The summed E-state index contributed by atoms with van der Waals surface area (Å²) in [4.78, 5) is 12.1. The number of nitrogens with zero attached hydrogens (tertiary/aromatic N) is 2. The molecular weight excluding hydrogens is 372 g/mol. The van der Waals surface area contributed by atoms with E-state index in [4.69, 9.17) is 9.47 Å². The van der Waals surface area contributed by atoms with Gasteiger partial charge in [-0.3, -0.25) is 9.48 Å². The molecule has 1 aromatic carbocycles. The molecule has 0 aliphatic carbocycles. The van der Waals surface area contributed by atoms with Gasteiger partial charge in [0.15, 0.2) is 11.5 Å². The fourth-order valence-electron chi connectivity index (χ4n) is 2.65. The Kier molecular flexibility index (Phi) is 5.66. The van der Waals surface area contributed by atoms with Crippen LogP contribution in [0, 0.1) is 6.92 Å². The highest BCUT2D eigenvalue weighted by Crippen LogP contribution is 2.32. The number of hydrogen-bond acceptors (Lipinski definition) is 6. The molecule has 1 aliphatic heterocycles. The highest BCUT2D eigenvalue weighted by atomic mass is 32.2. The molecule has 1 aromatic heterocycles. The summed E-state index contributed by atoms with van der Waals surface area (Å²) < 4.78 is 39.6. The Bertz CT molecular complexity index is 925. The van der Waals surface area contributed by atoms with E-state index in [1.165, 1.54) is 18.2 Å². The Balaban J connectivity index is 1.54. The predicted molar refractivity (Wildman–Crippen MR) is 97.2 cm³/mol. The molecule has 2 N–H and O–H groups in total. The van der Waals surface area contributed by atoms with Crippen LogP contribution >= 0.6 is 0 Å². The topological polar surface area (TPSA) is 112 Å². The minimum atomic E-state index is -3.84. The number of carbonyl (C=O) groups excluding carboxylic acids is 1. The van der Waals surface area contributed by atoms with Gasteiger partial charge in [-0.25, -0.2) is 13.1 Å². The second kappa shape index (κ2) is 7.97. The molecule has 2 heterocycles. The highest BCUT2D eigenvalue weighted by Gasteiger charge is 2.20. The summed E-state index contributed by atoms with van der Waals surface area (Å²) in [6, 6.07) is 6.01. The van der Waals surface area contributed by atoms with Crippen molar-refractivity contribution in [1.29, 1.82) is 0 Å². The Morgan fingerprint density at radius 1 is 1.26 bits per heavy atom. The van der Waals surface area contributed by atoms with Crippen LogP contribution in [0.3, 0.4) is 0 Å². The second-order valence-electron chi connectivity index (χ2n) is 6.28. The molecule has 1 atom stereocenters. The minimum Gasteiger partial charge on any atom is -0.486 e. The first-order valence-corrected chi connectivity index (χ1v) is 10.0. The van der Waals surface area contributed by atoms with Crippen LogP contribution in [0.4, 0.5) is 0 Å². The van der Waals surface area contributed by atoms with Crippen molar-refractivity contribution in [3.05, 3.63) is 36.2 Å². The summed E-state index contributed by atoms with van der Waals surface area (Å²) in [5.74, 6) is 0.449. The van der Waals surface area contributed by atoms with E-state index in [9.17, 15) is 13.2 Å². The zero-order chi connectivity index (χ0) is 19.4. The van der Waals surface area contributed by atoms with Gasteiger partial charge in [0.25, 0.3) is 0 Å². The standard InChI is InChI=1S/C17H22N4O5S/c1-12-5-6-21(20-12)11-13(2)19-17(22)10-18-27(23,24)14-3-4-15-16(9-14)26-8-7-25-15/h3-6,9,13,18H,7-8,10-11H2,1-2H3,(H,19,22). The maximum atomic E-state index is 12.4. The third-order valence-electron chi connectivity index (χ3n) is 3.89. The van der Waals surface area contributed by atoms with Gasteiger partial charge in [0.05, 0.1) is 23.7 Å². The van der Waals surface area contributed by atoms with E-state index in [0.29, 0.717) is 31.3 Å². The van der Waals surface area contributed by atoms with Crippen molar-refractivity contribution in [3.8, 4) is 11.5 Å². The number of fused-ring (bicyclic) bond motifs is 1. The Morgan fingerprint density at radius 2 is 2.00 bits per heavy atom. The number of sulfonamides is 1. The van der Waals surface area contributed by atoms with Crippen LogP contribution in [0.2, 0.25) is 0 Å². The summed E-state index contributed by atoms with van der Waals surface area (Å²) in [5.41, 5.74) is 0.890. The van der Waals surface area contributed by atoms with E-state index in [-0.39, 0.29) is 17.5 Å². The van der Waals surface area contributed by atoms with Gasteiger partial charge in [-0.1, -0.05) is 0 Å². The first-order valence-electron chi connectivity index (χ1n) is 8.52. The Hall–Kier alpha value is -2.59. The molecular formula is C17H22N4O5S. The number of amides is 1.